The molecule has 1 saturated heterocycles. The van der Waals surface area contributed by atoms with Crippen LogP contribution in [0.4, 0.5) is 0 Å². The van der Waals surface area contributed by atoms with Crippen molar-refractivity contribution in [1.29, 1.82) is 0 Å². The van der Waals surface area contributed by atoms with E-state index in [0.717, 1.165) is 31.2 Å². The Bertz CT molecular complexity index is 645. The Balaban J connectivity index is 2.21. The van der Waals surface area contributed by atoms with Crippen LogP contribution in [0.25, 0.3) is 0 Å². The van der Waals surface area contributed by atoms with Crippen LogP contribution in [0.2, 0.25) is 0 Å². The highest BCUT2D eigenvalue weighted by Crippen LogP contribution is 2.34. The summed E-state index contributed by atoms with van der Waals surface area (Å²) in [6.45, 7) is 7.73. The number of nitrogens with zero attached hydrogens (tertiary/aromatic N) is 3. The second-order valence-electron chi connectivity index (χ2n) is 6.17. The van der Waals surface area contributed by atoms with Gasteiger partial charge in [0.25, 0.3) is 0 Å². The summed E-state index contributed by atoms with van der Waals surface area (Å²) in [4.78, 5) is 20.3. The van der Waals surface area contributed by atoms with Crippen molar-refractivity contribution in [2.24, 2.45) is 4.99 Å². The van der Waals surface area contributed by atoms with Gasteiger partial charge in [0, 0.05) is 51.8 Å². The van der Waals surface area contributed by atoms with Crippen LogP contribution in [-0.4, -0.2) is 75.7 Å². The van der Waals surface area contributed by atoms with E-state index in [0.29, 0.717) is 36.9 Å². The van der Waals surface area contributed by atoms with Crippen LogP contribution in [0.5, 0.6) is 17.2 Å². The molecule has 2 rings (SSSR count). The van der Waals surface area contributed by atoms with E-state index < -0.39 is 0 Å². The summed E-state index contributed by atoms with van der Waals surface area (Å²) in [5.41, 5.74) is 0.860. The Labute approximate surface area is 161 Å². The molecule has 0 unspecified atom stereocenters. The second kappa shape index (κ2) is 9.89. The largest absolute Gasteiger partial charge is 0.496 e. The number of carbonyl (C=O) groups is 1. The Kier molecular flexibility index (Phi) is 7.57. The SMILES string of the molecule is CCNC(=NCc1c(OC)cc(OC)cc1OC)N1CCN(C(C)=O)CC1. The highest BCUT2D eigenvalue weighted by molar-refractivity contribution is 5.80. The van der Waals surface area contributed by atoms with Gasteiger partial charge in [0.2, 0.25) is 5.91 Å². The van der Waals surface area contributed by atoms with Gasteiger partial charge < -0.3 is 29.3 Å². The van der Waals surface area contributed by atoms with E-state index in [2.05, 4.69) is 10.2 Å². The summed E-state index contributed by atoms with van der Waals surface area (Å²) in [5.74, 6) is 2.95. The van der Waals surface area contributed by atoms with Crippen molar-refractivity contribution < 1.29 is 19.0 Å². The number of rotatable bonds is 6. The molecule has 1 amide bonds. The average Bonchev–Trinajstić information content (AvgIpc) is 2.70. The summed E-state index contributed by atoms with van der Waals surface area (Å²) in [6.07, 6.45) is 0. The molecule has 1 aromatic rings. The first-order valence-electron chi connectivity index (χ1n) is 9.11. The summed E-state index contributed by atoms with van der Waals surface area (Å²) < 4.78 is 16.3. The van der Waals surface area contributed by atoms with Crippen LogP contribution in [0.15, 0.2) is 17.1 Å². The Morgan fingerprint density at radius 1 is 1.04 bits per heavy atom. The zero-order valence-electron chi connectivity index (χ0n) is 16.9. The zero-order valence-corrected chi connectivity index (χ0v) is 16.9. The van der Waals surface area contributed by atoms with Gasteiger partial charge in [0.15, 0.2) is 5.96 Å². The van der Waals surface area contributed by atoms with Crippen LogP contribution >= 0.6 is 0 Å². The number of piperazine rings is 1. The molecule has 0 aromatic heterocycles. The molecule has 0 saturated carbocycles. The maximum Gasteiger partial charge on any atom is 0.219 e. The van der Waals surface area contributed by atoms with E-state index in [1.165, 1.54) is 0 Å². The van der Waals surface area contributed by atoms with E-state index in [-0.39, 0.29) is 5.91 Å². The van der Waals surface area contributed by atoms with E-state index >= 15 is 0 Å². The van der Waals surface area contributed by atoms with Crippen molar-refractivity contribution in [1.82, 2.24) is 15.1 Å². The van der Waals surface area contributed by atoms with Gasteiger partial charge in [-0.25, -0.2) is 4.99 Å². The number of carbonyl (C=O) groups excluding carboxylic acids is 1. The fraction of sp³-hybridized carbons (Fsp3) is 0.579. The minimum Gasteiger partial charge on any atom is -0.496 e. The molecular formula is C19H30N4O4. The summed E-state index contributed by atoms with van der Waals surface area (Å²) in [6, 6.07) is 3.65. The number of methoxy groups -OCH3 is 3. The topological polar surface area (TPSA) is 75.6 Å². The molecule has 1 N–H and O–H groups in total. The van der Waals surface area contributed by atoms with Crippen molar-refractivity contribution in [2.45, 2.75) is 20.4 Å². The zero-order chi connectivity index (χ0) is 19.8. The molecule has 8 heteroatoms. The van der Waals surface area contributed by atoms with Crippen LogP contribution in [0.1, 0.15) is 19.4 Å². The summed E-state index contributed by atoms with van der Waals surface area (Å²) in [7, 11) is 4.84. The number of ether oxygens (including phenoxy) is 3. The van der Waals surface area contributed by atoms with Gasteiger partial charge in [0.1, 0.15) is 17.2 Å². The maximum atomic E-state index is 11.5. The molecule has 8 nitrogen and oxygen atoms in total. The number of guanidine groups is 1. The first-order valence-corrected chi connectivity index (χ1v) is 9.11. The van der Waals surface area contributed by atoms with Crippen LogP contribution < -0.4 is 19.5 Å². The third-order valence-corrected chi connectivity index (χ3v) is 4.56. The molecule has 1 fully saturated rings. The lowest BCUT2D eigenvalue weighted by atomic mass is 10.1. The number of amides is 1. The standard InChI is InChI=1S/C19H30N4O4/c1-6-20-19(23-9-7-22(8-10-23)14(2)24)21-13-16-17(26-4)11-15(25-3)12-18(16)27-5/h11-12H,6-10,13H2,1-5H3,(H,20,21). The van der Waals surface area contributed by atoms with Crippen molar-refractivity contribution >= 4 is 11.9 Å². The Morgan fingerprint density at radius 3 is 2.04 bits per heavy atom. The summed E-state index contributed by atoms with van der Waals surface area (Å²) in [5, 5.41) is 3.33. The van der Waals surface area contributed by atoms with Gasteiger partial charge >= 0.3 is 0 Å². The van der Waals surface area contributed by atoms with Gasteiger partial charge in [-0.05, 0) is 6.92 Å². The van der Waals surface area contributed by atoms with Gasteiger partial charge in [-0.2, -0.15) is 0 Å². The molecular weight excluding hydrogens is 348 g/mol. The lowest BCUT2D eigenvalue weighted by Crippen LogP contribution is -2.53. The van der Waals surface area contributed by atoms with Crippen molar-refractivity contribution in [2.75, 3.05) is 54.1 Å². The highest BCUT2D eigenvalue weighted by Gasteiger charge is 2.21. The average molecular weight is 378 g/mol. The maximum absolute atomic E-state index is 11.5. The van der Waals surface area contributed by atoms with Gasteiger partial charge in [-0.15, -0.1) is 0 Å². The van der Waals surface area contributed by atoms with Crippen molar-refractivity contribution in [3.63, 3.8) is 0 Å². The molecule has 0 spiro atoms. The molecule has 1 aliphatic heterocycles. The highest BCUT2D eigenvalue weighted by atomic mass is 16.5. The lowest BCUT2D eigenvalue weighted by Gasteiger charge is -2.36. The van der Waals surface area contributed by atoms with Gasteiger partial charge in [-0.3, -0.25) is 4.79 Å². The first-order chi connectivity index (χ1) is 13.0. The number of benzene rings is 1. The normalized spacial score (nSPS) is 14.8. The Morgan fingerprint density at radius 2 is 1.59 bits per heavy atom. The molecule has 0 atom stereocenters. The number of nitrogens with one attached hydrogen (secondary N) is 1. The molecule has 1 heterocycles. The Hall–Kier alpha value is -2.64. The molecule has 27 heavy (non-hydrogen) atoms. The van der Waals surface area contributed by atoms with Gasteiger partial charge in [0.05, 0.1) is 33.4 Å². The third-order valence-electron chi connectivity index (χ3n) is 4.56. The second-order valence-corrected chi connectivity index (χ2v) is 6.17. The number of hydrogen-bond acceptors (Lipinski definition) is 5. The minimum absolute atomic E-state index is 0.115. The molecule has 150 valence electrons. The third kappa shape index (κ3) is 5.18. The van der Waals surface area contributed by atoms with E-state index in [1.807, 2.05) is 24.0 Å². The van der Waals surface area contributed by atoms with Crippen LogP contribution in [0, 0.1) is 0 Å². The fourth-order valence-corrected chi connectivity index (χ4v) is 3.05. The van der Waals surface area contributed by atoms with E-state index in [1.54, 1.807) is 28.3 Å². The van der Waals surface area contributed by atoms with Crippen LogP contribution in [-0.2, 0) is 11.3 Å². The molecule has 0 radical (unpaired) electrons. The first kappa shape index (κ1) is 20.7. The molecule has 0 aliphatic carbocycles. The summed E-state index contributed by atoms with van der Waals surface area (Å²) >= 11 is 0. The number of aliphatic imine (C=N–C) groups is 1. The van der Waals surface area contributed by atoms with Crippen molar-refractivity contribution in [3.05, 3.63) is 17.7 Å². The quantitative estimate of drug-likeness (QED) is 0.595. The fourth-order valence-electron chi connectivity index (χ4n) is 3.05. The predicted octanol–water partition coefficient (Wildman–Crippen LogP) is 1.34. The monoisotopic (exact) mass is 378 g/mol. The molecule has 1 aromatic carbocycles. The minimum atomic E-state index is 0.115. The molecule has 0 bridgehead atoms. The lowest BCUT2D eigenvalue weighted by molar-refractivity contribution is -0.130. The predicted molar refractivity (Wildman–Crippen MR) is 105 cm³/mol. The molecule has 1 aliphatic rings. The van der Waals surface area contributed by atoms with Crippen molar-refractivity contribution in [3.8, 4) is 17.2 Å². The van der Waals surface area contributed by atoms with E-state index in [4.69, 9.17) is 19.2 Å². The van der Waals surface area contributed by atoms with Gasteiger partial charge in [-0.1, -0.05) is 0 Å². The number of hydrogen-bond donors (Lipinski definition) is 1. The smallest absolute Gasteiger partial charge is 0.219 e. The van der Waals surface area contributed by atoms with E-state index in [9.17, 15) is 4.79 Å². The van der Waals surface area contributed by atoms with Crippen LogP contribution in [0.3, 0.4) is 0 Å².